The number of cyclic esters (lactones) is 1. The molecule has 4 nitrogen and oxygen atoms in total. The Kier molecular flexibility index (Phi) is 40.9. The minimum atomic E-state index is -0.891. The fourth-order valence-corrected chi connectivity index (χ4v) is 41.1. The molecule has 0 aromatic rings. The first-order valence-corrected chi connectivity index (χ1v) is 57.4. The Morgan fingerprint density at radius 2 is 0.308 bits per heavy atom. The average molecular weight is 1830 g/mol. The lowest BCUT2D eigenvalue weighted by atomic mass is 9.25. The van der Waals surface area contributed by atoms with E-state index < -0.39 is 22.9 Å². The van der Waals surface area contributed by atoms with Crippen LogP contribution in [0.3, 0.4) is 0 Å². The molecule has 0 radical (unpaired) electrons. The van der Waals surface area contributed by atoms with E-state index in [-0.39, 0.29) is 158 Å². The molecule has 0 bridgehead atoms. The smallest absolute Gasteiger partial charge is 0.347 e. The van der Waals surface area contributed by atoms with Crippen molar-refractivity contribution < 1.29 is 19.1 Å². The lowest BCUT2D eigenvalue weighted by Crippen LogP contribution is -2.73. The van der Waals surface area contributed by atoms with Crippen LogP contribution in [0.5, 0.6) is 0 Å². The number of esters is 2. The highest BCUT2D eigenvalue weighted by molar-refractivity contribution is 5.83. The molecule has 130 heavy (non-hydrogen) atoms. The molecule has 776 valence electrons. The Hall–Kier alpha value is -1.06. The first kappa shape index (κ1) is 127. The maximum atomic E-state index is 15.5. The quantitative estimate of drug-likeness (QED) is 0.0570. The lowest BCUT2D eigenvalue weighted by Gasteiger charge is -2.79. The van der Waals surface area contributed by atoms with Gasteiger partial charge in [-0.2, -0.15) is 0 Å². The lowest BCUT2D eigenvalue weighted by molar-refractivity contribution is -0.316. The molecule has 0 aliphatic carbocycles. The van der Waals surface area contributed by atoms with E-state index in [9.17, 15) is 4.79 Å². The van der Waals surface area contributed by atoms with E-state index in [4.69, 9.17) is 9.47 Å². The maximum absolute atomic E-state index is 15.5. The number of ether oxygens (including phenoxy) is 2. The Labute approximate surface area is 822 Å². The first-order valence-electron chi connectivity index (χ1n) is 57.4. The minimum Gasteiger partial charge on any atom is -0.463 e. The van der Waals surface area contributed by atoms with Gasteiger partial charge in [0.05, 0.1) is 12.0 Å². The molecule has 30 atom stereocenters. The summed E-state index contributed by atoms with van der Waals surface area (Å²) in [5.41, 5.74) is -4.92. The maximum Gasteiger partial charge on any atom is 0.347 e. The van der Waals surface area contributed by atoms with Crippen LogP contribution >= 0.6 is 0 Å². The third-order valence-electron chi connectivity index (χ3n) is 58.6. The van der Waals surface area contributed by atoms with E-state index in [1.54, 1.807) is 0 Å². The average Bonchev–Trinajstić information content (AvgIpc) is 0.676. The van der Waals surface area contributed by atoms with Crippen LogP contribution in [0.15, 0.2) is 0 Å². The van der Waals surface area contributed by atoms with Crippen molar-refractivity contribution in [1.29, 1.82) is 0 Å². The predicted molar refractivity (Wildman–Crippen MR) is 583 cm³/mol. The van der Waals surface area contributed by atoms with Crippen LogP contribution in [-0.4, -0.2) is 24.6 Å². The second-order valence-electron chi connectivity index (χ2n) is 53.0. The largest absolute Gasteiger partial charge is 0.463 e. The van der Waals surface area contributed by atoms with Crippen LogP contribution in [0.25, 0.3) is 0 Å². The van der Waals surface area contributed by atoms with Gasteiger partial charge < -0.3 is 9.47 Å². The van der Waals surface area contributed by atoms with Crippen LogP contribution in [-0.2, 0) is 19.1 Å². The number of hydrogen-bond donors (Lipinski definition) is 0. The number of rotatable bonds is 61. The summed E-state index contributed by atoms with van der Waals surface area (Å²) in [5, 5.41) is 0. The molecule has 1 aliphatic heterocycles. The molecule has 1 fully saturated rings. The molecule has 0 N–H and O–H groups in total. The van der Waals surface area contributed by atoms with Gasteiger partial charge in [-0.15, -0.1) is 0 Å². The Morgan fingerprint density at radius 3 is 0.400 bits per heavy atom. The zero-order valence-corrected chi connectivity index (χ0v) is 102. The van der Waals surface area contributed by atoms with Gasteiger partial charge in [-0.05, 0) is 350 Å². The van der Waals surface area contributed by atoms with E-state index in [0.29, 0.717) is 19.4 Å². The molecule has 0 aromatic heterocycles. The molecule has 4 heteroatoms. The van der Waals surface area contributed by atoms with Crippen molar-refractivity contribution in [2.75, 3.05) is 6.61 Å². The van der Waals surface area contributed by atoms with Crippen LogP contribution in [0, 0.1) is 162 Å². The molecule has 1 heterocycles. The van der Waals surface area contributed by atoms with E-state index in [1.165, 1.54) is 25.7 Å². The van der Waals surface area contributed by atoms with Gasteiger partial charge in [0, 0.05) is 6.42 Å². The summed E-state index contributed by atoms with van der Waals surface area (Å²) < 4.78 is 11.9. The van der Waals surface area contributed by atoms with Gasteiger partial charge in [0.2, 0.25) is 6.10 Å². The van der Waals surface area contributed by atoms with Crippen LogP contribution in [0.1, 0.15) is 621 Å². The molecule has 0 amide bonds. The second-order valence-corrected chi connectivity index (χ2v) is 53.0. The van der Waals surface area contributed by atoms with E-state index in [1.807, 2.05) is 0 Å². The van der Waals surface area contributed by atoms with Crippen molar-refractivity contribution in [2.24, 2.45) is 162 Å². The van der Waals surface area contributed by atoms with Crippen molar-refractivity contribution >= 4 is 11.9 Å². The van der Waals surface area contributed by atoms with Crippen molar-refractivity contribution in [3.05, 3.63) is 0 Å². The summed E-state index contributed by atoms with van der Waals surface area (Å²) in [6, 6.07) is 0. The highest BCUT2D eigenvalue weighted by Crippen LogP contribution is 2.88. The molecule has 0 saturated carbocycles. The standard InChI is InChI=1S/C126H248O4/c1-62-97(31,32)99(34,64-3)101(36,66-5)103(38,68-7)105(40,70-9)107(42,72-11)109(44,74-13)111(46,76-15)113(48,78-17)115(50,80-19)117(52,82-21)119(54,84-23)121(56,86-25)123(58,88-27)125(60,90-29)126(61,91-30)124(59,89-28)122(57,87-26)120(55,85-24)118(53,83-22)116(51,81-20)114(49,79-18)112(47,77-16)110(45,75-14)108(43,73-12)106(41,71-10)104(39,69-8)102(37,67-6)100(35,65-4)98(33,63-2)96(128)130-94-92-93-129-95(94)127/h94H,62-93H2,1-61H3. The first-order chi connectivity index (χ1) is 59.0. The van der Waals surface area contributed by atoms with Gasteiger partial charge in [-0.3, -0.25) is 4.79 Å². The molecule has 1 aliphatic rings. The second kappa shape index (κ2) is 41.9. The Balaban J connectivity index is 5.40. The van der Waals surface area contributed by atoms with Gasteiger partial charge in [-0.1, -0.05) is 422 Å². The normalized spacial score (nSPS) is 27.8. The molecule has 1 saturated heterocycles. The van der Waals surface area contributed by atoms with E-state index >= 15 is 4.79 Å². The predicted octanol–water partition coefficient (Wildman–Crippen LogP) is 42.4. The van der Waals surface area contributed by atoms with Gasteiger partial charge in [0.15, 0.2) is 0 Å². The van der Waals surface area contributed by atoms with Crippen molar-refractivity contribution in [3.63, 3.8) is 0 Å². The van der Waals surface area contributed by atoms with Crippen molar-refractivity contribution in [1.82, 2.24) is 0 Å². The molecule has 30 unspecified atom stereocenters. The number of hydrogen-bond acceptors (Lipinski definition) is 4. The molecule has 1 rings (SSSR count). The monoisotopic (exact) mass is 1830 g/mol. The molecule has 0 spiro atoms. The molecular weight excluding hydrogens is 1580 g/mol. The van der Waals surface area contributed by atoms with Crippen LogP contribution < -0.4 is 0 Å². The summed E-state index contributed by atoms with van der Waals surface area (Å²) in [6.45, 7) is 166. The Morgan fingerprint density at radius 1 is 0.192 bits per heavy atom. The SMILES string of the molecule is CCC(C)(C)C(C)(CC)C(C)(CC)C(C)(CC)C(C)(CC)C(C)(CC)C(C)(CC)C(C)(CC)C(C)(CC)C(C)(CC)C(C)(CC)C(C)(CC)C(C)(CC)C(C)(CC)C(C)(CC)C(C)(CC)C(C)(CC)C(C)(CC)C(C)(CC)C(C)(CC)C(C)(CC)C(C)(CC)C(C)(CC)C(C)(CC)C(C)(CC)C(C)(CC)C(C)(CC)C(C)(CC)C(C)(CC)C(C)(CC)C(=O)OC1CCOC1=O. The fraction of sp³-hybridized carbons (Fsp3) is 0.984. The van der Waals surface area contributed by atoms with E-state index in [2.05, 4.69) is 422 Å². The minimum absolute atomic E-state index is 0.00916. The van der Waals surface area contributed by atoms with Gasteiger partial charge in [-0.25, -0.2) is 4.79 Å². The van der Waals surface area contributed by atoms with Crippen LogP contribution in [0.4, 0.5) is 0 Å². The summed E-state index contributed by atoms with van der Waals surface area (Å²) in [6.07, 6.45) is 31.8. The van der Waals surface area contributed by atoms with Crippen molar-refractivity contribution in [3.8, 4) is 0 Å². The summed E-state index contributed by atoms with van der Waals surface area (Å²) in [5.74, 6) is -0.657. The van der Waals surface area contributed by atoms with Crippen molar-refractivity contribution in [2.45, 2.75) is 627 Å². The zero-order valence-electron chi connectivity index (χ0n) is 102. The third kappa shape index (κ3) is 14.7. The molecule has 0 aromatic carbocycles. The van der Waals surface area contributed by atoms with Gasteiger partial charge in [0.25, 0.3) is 0 Å². The van der Waals surface area contributed by atoms with E-state index in [0.717, 1.165) is 161 Å². The highest BCUT2D eigenvalue weighted by atomic mass is 16.6. The van der Waals surface area contributed by atoms with Crippen LogP contribution in [0.2, 0.25) is 0 Å². The van der Waals surface area contributed by atoms with Gasteiger partial charge in [0.1, 0.15) is 0 Å². The third-order valence-corrected chi connectivity index (χ3v) is 58.6. The fourth-order valence-electron chi connectivity index (χ4n) is 41.1. The number of carbonyl (C=O) groups excluding carboxylic acids is 2. The molecular formula is C126H248O4. The van der Waals surface area contributed by atoms with Gasteiger partial charge >= 0.3 is 11.9 Å². The highest BCUT2D eigenvalue weighted by Gasteiger charge is 2.82. The summed E-state index contributed by atoms with van der Waals surface area (Å²) >= 11 is 0. The topological polar surface area (TPSA) is 52.6 Å². The summed E-state index contributed by atoms with van der Waals surface area (Å²) in [4.78, 5) is 28.7. The zero-order chi connectivity index (χ0) is 104. The Bertz CT molecular complexity index is 3500. The summed E-state index contributed by atoms with van der Waals surface area (Å²) in [7, 11) is 0. The number of carbonyl (C=O) groups is 2.